The van der Waals surface area contributed by atoms with E-state index in [9.17, 15) is 4.79 Å². The first-order valence-corrected chi connectivity index (χ1v) is 8.77. The van der Waals surface area contributed by atoms with Crippen LogP contribution in [-0.4, -0.2) is 12.1 Å². The van der Waals surface area contributed by atoms with Crippen molar-refractivity contribution in [3.05, 3.63) is 23.8 Å². The second-order valence-corrected chi connectivity index (χ2v) is 7.27. The molecule has 0 aromatic carbocycles. The maximum absolute atomic E-state index is 11.5. The molecule has 128 valence electrons. The maximum Gasteiger partial charge on any atom is 0.331 e. The molecule has 2 atom stereocenters. The summed E-state index contributed by atoms with van der Waals surface area (Å²) in [5.74, 6) is 2.05. The first-order valence-electron chi connectivity index (χ1n) is 8.77. The number of carbonyl (C=O) groups excluding carboxylic acids is 1. The van der Waals surface area contributed by atoms with Crippen LogP contribution in [0.15, 0.2) is 23.8 Å². The van der Waals surface area contributed by atoms with Crippen LogP contribution in [0.4, 0.5) is 0 Å². The zero-order valence-corrected chi connectivity index (χ0v) is 15.7. The summed E-state index contributed by atoms with van der Waals surface area (Å²) in [7, 11) is 0. The molecule has 0 radical (unpaired) electrons. The van der Waals surface area contributed by atoms with Gasteiger partial charge in [-0.15, -0.1) is 0 Å². The van der Waals surface area contributed by atoms with Gasteiger partial charge in [0.1, 0.15) is 0 Å². The van der Waals surface area contributed by atoms with Crippen LogP contribution in [0.5, 0.6) is 0 Å². The molecule has 0 fully saturated rings. The number of hydrogen-bond acceptors (Lipinski definition) is 2. The lowest BCUT2D eigenvalue weighted by molar-refractivity contribution is -0.141. The van der Waals surface area contributed by atoms with Crippen LogP contribution in [-0.2, 0) is 9.53 Å². The molecule has 0 spiro atoms. The van der Waals surface area contributed by atoms with Crippen LogP contribution >= 0.6 is 0 Å². The highest BCUT2D eigenvalue weighted by molar-refractivity contribution is 5.83. The Kier molecular flexibility index (Phi) is 11.0. The average molecular weight is 309 g/mol. The second-order valence-electron chi connectivity index (χ2n) is 7.27. The first-order chi connectivity index (χ1) is 10.2. The van der Waals surface area contributed by atoms with E-state index in [-0.39, 0.29) is 12.1 Å². The molecule has 0 rings (SSSR count). The molecule has 0 saturated carbocycles. The monoisotopic (exact) mass is 308 g/mol. The Morgan fingerprint density at radius 1 is 1.05 bits per heavy atom. The summed E-state index contributed by atoms with van der Waals surface area (Å²) in [6.07, 6.45) is 10.7. The van der Waals surface area contributed by atoms with E-state index < -0.39 is 0 Å². The summed E-state index contributed by atoms with van der Waals surface area (Å²) < 4.78 is 5.09. The lowest BCUT2D eigenvalue weighted by Crippen LogP contribution is -2.08. The second kappa shape index (κ2) is 11.5. The third kappa shape index (κ3) is 11.6. The predicted molar refractivity (Wildman–Crippen MR) is 95.8 cm³/mol. The maximum atomic E-state index is 11.5. The molecular formula is C20H36O2. The molecule has 0 aliphatic rings. The minimum Gasteiger partial charge on any atom is -0.460 e. The van der Waals surface area contributed by atoms with E-state index in [0.29, 0.717) is 5.92 Å². The van der Waals surface area contributed by atoms with E-state index in [4.69, 9.17) is 4.74 Å². The molecule has 0 saturated heterocycles. The van der Waals surface area contributed by atoms with Gasteiger partial charge in [0.25, 0.3) is 0 Å². The van der Waals surface area contributed by atoms with Gasteiger partial charge < -0.3 is 4.74 Å². The highest BCUT2D eigenvalue weighted by Crippen LogP contribution is 2.20. The Morgan fingerprint density at radius 3 is 2.23 bits per heavy atom. The van der Waals surface area contributed by atoms with Crippen molar-refractivity contribution in [3.63, 3.8) is 0 Å². The van der Waals surface area contributed by atoms with Gasteiger partial charge in [-0.25, -0.2) is 4.79 Å². The first kappa shape index (κ1) is 20.9. The minimum atomic E-state index is -0.257. The van der Waals surface area contributed by atoms with Crippen LogP contribution in [0.2, 0.25) is 0 Å². The van der Waals surface area contributed by atoms with Gasteiger partial charge in [-0.05, 0) is 50.5 Å². The zero-order valence-electron chi connectivity index (χ0n) is 15.7. The Balaban J connectivity index is 4.00. The highest BCUT2D eigenvalue weighted by Gasteiger charge is 2.08. The van der Waals surface area contributed by atoms with Crippen molar-refractivity contribution in [3.8, 4) is 0 Å². The van der Waals surface area contributed by atoms with Gasteiger partial charge in [0.05, 0.1) is 6.10 Å². The molecule has 2 heteroatoms. The molecule has 0 aromatic heterocycles. The van der Waals surface area contributed by atoms with Gasteiger partial charge in [-0.1, -0.05) is 59.1 Å². The minimum absolute atomic E-state index is 0.0613. The summed E-state index contributed by atoms with van der Waals surface area (Å²) >= 11 is 0. The van der Waals surface area contributed by atoms with E-state index in [1.54, 1.807) is 6.08 Å². The molecule has 0 heterocycles. The van der Waals surface area contributed by atoms with Crippen LogP contribution in [0, 0.1) is 17.8 Å². The Morgan fingerprint density at radius 2 is 1.68 bits per heavy atom. The third-order valence-corrected chi connectivity index (χ3v) is 4.11. The zero-order chi connectivity index (χ0) is 17.1. The van der Waals surface area contributed by atoms with Crippen molar-refractivity contribution in [1.29, 1.82) is 0 Å². The molecule has 0 aliphatic heterocycles. The van der Waals surface area contributed by atoms with Crippen LogP contribution < -0.4 is 0 Å². The third-order valence-electron chi connectivity index (χ3n) is 4.11. The van der Waals surface area contributed by atoms with E-state index in [1.165, 1.54) is 19.3 Å². The summed E-state index contributed by atoms with van der Waals surface area (Å²) in [5.41, 5.74) is 0.950. The SMILES string of the molecule is CC(/C=C/CC(C)CCCC(C)C(C)C)=C\C(=O)OC(C)C. The van der Waals surface area contributed by atoms with Gasteiger partial charge in [-0.3, -0.25) is 0 Å². The fourth-order valence-electron chi connectivity index (χ4n) is 2.23. The van der Waals surface area contributed by atoms with Crippen LogP contribution in [0.25, 0.3) is 0 Å². The Labute approximate surface area is 138 Å². The fraction of sp³-hybridized carbons (Fsp3) is 0.750. The van der Waals surface area contributed by atoms with Gasteiger partial charge in [-0.2, -0.15) is 0 Å². The quantitative estimate of drug-likeness (QED) is 0.284. The lowest BCUT2D eigenvalue weighted by atomic mass is 9.90. The summed E-state index contributed by atoms with van der Waals surface area (Å²) in [5, 5.41) is 0. The van der Waals surface area contributed by atoms with Gasteiger partial charge in [0.15, 0.2) is 0 Å². The lowest BCUT2D eigenvalue weighted by Gasteiger charge is -2.16. The van der Waals surface area contributed by atoms with E-state index in [1.807, 2.05) is 26.8 Å². The van der Waals surface area contributed by atoms with Crippen molar-refractivity contribution >= 4 is 5.97 Å². The number of rotatable bonds is 10. The van der Waals surface area contributed by atoms with E-state index >= 15 is 0 Å². The van der Waals surface area contributed by atoms with Gasteiger partial charge >= 0.3 is 5.97 Å². The van der Waals surface area contributed by atoms with Crippen LogP contribution in [0.3, 0.4) is 0 Å². The number of esters is 1. The van der Waals surface area contributed by atoms with Gasteiger partial charge in [0, 0.05) is 6.08 Å². The van der Waals surface area contributed by atoms with Crippen LogP contribution in [0.1, 0.15) is 74.1 Å². The van der Waals surface area contributed by atoms with Gasteiger partial charge in [0.2, 0.25) is 0 Å². The van der Waals surface area contributed by atoms with Crippen molar-refractivity contribution in [2.75, 3.05) is 0 Å². The topological polar surface area (TPSA) is 26.3 Å². The smallest absolute Gasteiger partial charge is 0.331 e. The van der Waals surface area contributed by atoms with Crippen molar-refractivity contribution < 1.29 is 9.53 Å². The fourth-order valence-corrected chi connectivity index (χ4v) is 2.23. The highest BCUT2D eigenvalue weighted by atomic mass is 16.5. The molecule has 22 heavy (non-hydrogen) atoms. The molecule has 0 N–H and O–H groups in total. The molecule has 0 aliphatic carbocycles. The molecule has 0 aromatic rings. The van der Waals surface area contributed by atoms with Crippen molar-refractivity contribution in [2.24, 2.45) is 17.8 Å². The largest absolute Gasteiger partial charge is 0.460 e. The summed E-state index contributed by atoms with van der Waals surface area (Å²) in [6.45, 7) is 14.9. The normalized spacial score (nSPS) is 15.6. The molecule has 2 unspecified atom stereocenters. The molecule has 2 nitrogen and oxygen atoms in total. The predicted octanol–water partition coefficient (Wildman–Crippen LogP) is 5.93. The number of carbonyl (C=O) groups is 1. The summed E-state index contributed by atoms with van der Waals surface area (Å²) in [4.78, 5) is 11.5. The van der Waals surface area contributed by atoms with E-state index in [0.717, 1.165) is 23.8 Å². The number of allylic oxidation sites excluding steroid dienone is 3. The standard InChI is InChI=1S/C20H36O2/c1-15(2)19(7)13-9-11-17(5)10-8-12-18(6)14-20(21)22-16(3)4/h8,12,14-17,19H,9-11,13H2,1-7H3/b12-8+,18-14+. The van der Waals surface area contributed by atoms with E-state index in [2.05, 4.69) is 33.8 Å². The van der Waals surface area contributed by atoms with Crippen molar-refractivity contribution in [2.45, 2.75) is 80.3 Å². The Hall–Kier alpha value is -1.05. The van der Waals surface area contributed by atoms with Crippen molar-refractivity contribution in [1.82, 2.24) is 0 Å². The molecule has 0 amide bonds. The molecular weight excluding hydrogens is 272 g/mol. The number of hydrogen-bond donors (Lipinski definition) is 0. The number of ether oxygens (including phenoxy) is 1. The average Bonchev–Trinajstić information content (AvgIpc) is 2.36. The summed E-state index contributed by atoms with van der Waals surface area (Å²) in [6, 6.07) is 0. The Bertz CT molecular complexity index is 364. The molecule has 0 bridgehead atoms.